The Morgan fingerprint density at radius 3 is 2.76 bits per heavy atom. The van der Waals surface area contributed by atoms with Gasteiger partial charge >= 0.3 is 0 Å². The van der Waals surface area contributed by atoms with Gasteiger partial charge in [0, 0.05) is 6.07 Å². The Kier molecular flexibility index (Phi) is 3.76. The van der Waals surface area contributed by atoms with E-state index in [0.29, 0.717) is 18.0 Å². The lowest BCUT2D eigenvalue weighted by Gasteiger charge is -2.02. The Morgan fingerprint density at radius 2 is 2.00 bits per heavy atom. The van der Waals surface area contributed by atoms with Gasteiger partial charge in [0.2, 0.25) is 0 Å². The van der Waals surface area contributed by atoms with Crippen LogP contribution in [0.5, 0.6) is 5.75 Å². The van der Waals surface area contributed by atoms with E-state index >= 15 is 0 Å². The van der Waals surface area contributed by atoms with Crippen molar-refractivity contribution in [1.29, 1.82) is 0 Å². The van der Waals surface area contributed by atoms with Crippen LogP contribution in [0, 0.1) is 0 Å². The molecule has 0 radical (unpaired) electrons. The first-order chi connectivity index (χ1) is 8.34. The Hall–Kier alpha value is -2.29. The predicted octanol–water partition coefficient (Wildman–Crippen LogP) is 2.76. The third-order valence-corrected chi connectivity index (χ3v) is 2.19. The maximum Gasteiger partial charge on any atom is 0.140 e. The molecule has 0 aliphatic carbocycles. The van der Waals surface area contributed by atoms with Crippen molar-refractivity contribution in [2.75, 3.05) is 12.3 Å². The number of nitrogen functional groups attached to an aromatic ring is 1. The maximum absolute atomic E-state index is 5.59. The van der Waals surface area contributed by atoms with Gasteiger partial charge in [0.1, 0.15) is 12.4 Å². The summed E-state index contributed by atoms with van der Waals surface area (Å²) in [4.78, 5) is 3.95. The van der Waals surface area contributed by atoms with E-state index < -0.39 is 0 Å². The molecule has 0 saturated heterocycles. The lowest BCUT2D eigenvalue weighted by Crippen LogP contribution is -1.95. The number of nitrogens with two attached hydrogens (primary N) is 1. The number of hydrogen-bond acceptors (Lipinski definition) is 3. The molecule has 0 unspecified atom stereocenters. The predicted molar refractivity (Wildman–Crippen MR) is 69.6 cm³/mol. The molecule has 0 aliphatic rings. The zero-order chi connectivity index (χ0) is 11.9. The highest BCUT2D eigenvalue weighted by molar-refractivity contribution is 5.48. The molecule has 1 aromatic carbocycles. The first-order valence-corrected chi connectivity index (χ1v) is 5.39. The summed E-state index contributed by atoms with van der Waals surface area (Å²) in [6.07, 6.45) is 7.21. The van der Waals surface area contributed by atoms with Gasteiger partial charge in [-0.2, -0.15) is 0 Å². The van der Waals surface area contributed by atoms with Gasteiger partial charge in [-0.05, 0) is 11.6 Å². The van der Waals surface area contributed by atoms with Crippen molar-refractivity contribution >= 4 is 11.8 Å². The summed E-state index contributed by atoms with van der Waals surface area (Å²) in [6, 6.07) is 11.8. The van der Waals surface area contributed by atoms with Crippen LogP contribution in [0.4, 0.5) is 5.69 Å². The SMILES string of the molecule is Nc1cncc(OC/C=C/c2ccccc2)c1. The lowest BCUT2D eigenvalue weighted by atomic mass is 10.2. The molecular formula is C14H14N2O. The molecule has 0 bridgehead atoms. The number of rotatable bonds is 4. The van der Waals surface area contributed by atoms with Gasteiger partial charge in [-0.15, -0.1) is 0 Å². The van der Waals surface area contributed by atoms with Crippen LogP contribution in [0.2, 0.25) is 0 Å². The Bertz CT molecular complexity index is 495. The van der Waals surface area contributed by atoms with Crippen molar-refractivity contribution < 1.29 is 4.74 Å². The van der Waals surface area contributed by atoms with Crippen LogP contribution < -0.4 is 10.5 Å². The minimum atomic E-state index is 0.500. The summed E-state index contributed by atoms with van der Waals surface area (Å²) in [5, 5.41) is 0. The van der Waals surface area contributed by atoms with Crippen molar-refractivity contribution in [2.45, 2.75) is 0 Å². The fourth-order valence-corrected chi connectivity index (χ4v) is 1.41. The molecule has 1 aromatic heterocycles. The smallest absolute Gasteiger partial charge is 0.140 e. The van der Waals surface area contributed by atoms with Crippen LogP contribution in [0.15, 0.2) is 54.9 Å². The molecule has 86 valence electrons. The first kappa shape index (κ1) is 11.2. The van der Waals surface area contributed by atoms with E-state index in [2.05, 4.69) is 4.98 Å². The normalized spacial score (nSPS) is 10.6. The Balaban J connectivity index is 1.86. The largest absolute Gasteiger partial charge is 0.488 e. The van der Waals surface area contributed by atoms with Gasteiger partial charge < -0.3 is 10.5 Å². The van der Waals surface area contributed by atoms with Crippen LogP contribution in [0.25, 0.3) is 6.08 Å². The van der Waals surface area contributed by atoms with Crippen molar-refractivity contribution in [2.24, 2.45) is 0 Å². The first-order valence-electron chi connectivity index (χ1n) is 5.39. The van der Waals surface area contributed by atoms with E-state index in [0.717, 1.165) is 5.56 Å². The van der Waals surface area contributed by atoms with Crippen LogP contribution in [-0.2, 0) is 0 Å². The molecular weight excluding hydrogens is 212 g/mol. The van der Waals surface area contributed by atoms with Crippen LogP contribution in [-0.4, -0.2) is 11.6 Å². The van der Waals surface area contributed by atoms with Crippen LogP contribution in [0.1, 0.15) is 5.56 Å². The van der Waals surface area contributed by atoms with Gasteiger partial charge in [-0.1, -0.05) is 36.4 Å². The number of ether oxygens (including phenoxy) is 1. The number of benzene rings is 1. The molecule has 0 atom stereocenters. The second kappa shape index (κ2) is 5.70. The molecule has 0 fully saturated rings. The van der Waals surface area contributed by atoms with Gasteiger partial charge in [0.15, 0.2) is 0 Å². The average molecular weight is 226 g/mol. The molecule has 2 N–H and O–H groups in total. The molecule has 0 spiro atoms. The summed E-state index contributed by atoms with van der Waals surface area (Å²) >= 11 is 0. The van der Waals surface area contributed by atoms with E-state index in [4.69, 9.17) is 10.5 Å². The number of nitrogens with zero attached hydrogens (tertiary/aromatic N) is 1. The Morgan fingerprint density at radius 1 is 1.18 bits per heavy atom. The number of pyridine rings is 1. The zero-order valence-electron chi connectivity index (χ0n) is 9.41. The molecule has 2 aromatic rings. The van der Waals surface area contributed by atoms with Crippen molar-refractivity contribution in [1.82, 2.24) is 4.98 Å². The zero-order valence-corrected chi connectivity index (χ0v) is 9.41. The molecule has 0 saturated carbocycles. The minimum absolute atomic E-state index is 0.500. The maximum atomic E-state index is 5.59. The summed E-state index contributed by atoms with van der Waals surface area (Å²) in [6.45, 7) is 0.500. The van der Waals surface area contributed by atoms with Crippen molar-refractivity contribution in [3.05, 3.63) is 60.4 Å². The highest BCUT2D eigenvalue weighted by atomic mass is 16.5. The molecule has 0 aliphatic heterocycles. The van der Waals surface area contributed by atoms with Gasteiger partial charge in [-0.3, -0.25) is 4.98 Å². The fraction of sp³-hybridized carbons (Fsp3) is 0.0714. The van der Waals surface area contributed by atoms with Gasteiger partial charge in [-0.25, -0.2) is 0 Å². The quantitative estimate of drug-likeness (QED) is 0.872. The van der Waals surface area contributed by atoms with Crippen LogP contribution in [0.3, 0.4) is 0 Å². The standard InChI is InChI=1S/C14H14N2O/c15-13-9-14(11-16-10-13)17-8-4-7-12-5-2-1-3-6-12/h1-7,9-11H,8,15H2/b7-4+. The monoisotopic (exact) mass is 226 g/mol. The second-order valence-corrected chi connectivity index (χ2v) is 3.58. The van der Waals surface area contributed by atoms with E-state index in [1.807, 2.05) is 42.5 Å². The molecule has 1 heterocycles. The molecule has 2 rings (SSSR count). The van der Waals surface area contributed by atoms with E-state index in [9.17, 15) is 0 Å². The fourth-order valence-electron chi connectivity index (χ4n) is 1.41. The lowest BCUT2D eigenvalue weighted by molar-refractivity contribution is 0.362. The minimum Gasteiger partial charge on any atom is -0.488 e. The third-order valence-electron chi connectivity index (χ3n) is 2.19. The van der Waals surface area contributed by atoms with E-state index in [1.54, 1.807) is 18.5 Å². The second-order valence-electron chi connectivity index (χ2n) is 3.58. The number of aromatic nitrogens is 1. The molecule has 3 nitrogen and oxygen atoms in total. The average Bonchev–Trinajstić information content (AvgIpc) is 2.36. The van der Waals surface area contributed by atoms with Gasteiger partial charge in [0.25, 0.3) is 0 Å². The molecule has 17 heavy (non-hydrogen) atoms. The number of anilines is 1. The third kappa shape index (κ3) is 3.65. The molecule has 3 heteroatoms. The topological polar surface area (TPSA) is 48.1 Å². The molecule has 0 amide bonds. The summed E-state index contributed by atoms with van der Waals surface area (Å²) in [5.74, 6) is 0.683. The van der Waals surface area contributed by atoms with Crippen LogP contribution >= 0.6 is 0 Å². The van der Waals surface area contributed by atoms with E-state index in [1.165, 1.54) is 0 Å². The summed E-state index contributed by atoms with van der Waals surface area (Å²) in [7, 11) is 0. The summed E-state index contributed by atoms with van der Waals surface area (Å²) in [5.41, 5.74) is 7.35. The Labute approximate surface area is 101 Å². The summed E-state index contributed by atoms with van der Waals surface area (Å²) < 4.78 is 5.48. The van der Waals surface area contributed by atoms with Gasteiger partial charge in [0.05, 0.1) is 18.1 Å². The number of hydrogen-bond donors (Lipinski definition) is 1. The van der Waals surface area contributed by atoms with E-state index in [-0.39, 0.29) is 0 Å². The van der Waals surface area contributed by atoms with Crippen molar-refractivity contribution in [3.63, 3.8) is 0 Å². The highest BCUT2D eigenvalue weighted by Crippen LogP contribution is 2.12. The van der Waals surface area contributed by atoms with Crippen molar-refractivity contribution in [3.8, 4) is 5.75 Å². The highest BCUT2D eigenvalue weighted by Gasteiger charge is 1.92.